The molecule has 1 heterocycles. The van der Waals surface area contributed by atoms with Gasteiger partial charge in [-0.05, 0) is 36.9 Å². The molecule has 0 atom stereocenters. The van der Waals surface area contributed by atoms with E-state index < -0.39 is 0 Å². The van der Waals surface area contributed by atoms with Crippen molar-refractivity contribution in [1.82, 2.24) is 0 Å². The molecule has 1 amide bonds. The van der Waals surface area contributed by atoms with Gasteiger partial charge in [-0.1, -0.05) is 17.7 Å². The molecule has 3 nitrogen and oxygen atoms in total. The minimum atomic E-state index is -0.142. The Balaban J connectivity index is 2.37. The first-order valence-corrected chi connectivity index (χ1v) is 7.14. The lowest BCUT2D eigenvalue weighted by molar-refractivity contribution is 0.0992. The van der Waals surface area contributed by atoms with E-state index >= 15 is 0 Å². The Morgan fingerprint density at radius 1 is 1.47 bits per heavy atom. The van der Waals surface area contributed by atoms with Gasteiger partial charge in [-0.2, -0.15) is 0 Å². The van der Waals surface area contributed by atoms with Crippen LogP contribution in [0.4, 0.5) is 5.69 Å². The van der Waals surface area contributed by atoms with Crippen LogP contribution in [-0.2, 0) is 0 Å². The van der Waals surface area contributed by atoms with Crippen LogP contribution in [-0.4, -0.2) is 17.6 Å². The minimum Gasteiger partial charge on any atom is -0.508 e. The van der Waals surface area contributed by atoms with Crippen molar-refractivity contribution in [2.24, 2.45) is 0 Å². The average molecular weight is 296 g/mol. The van der Waals surface area contributed by atoms with Crippen LogP contribution < -0.4 is 4.90 Å². The molecule has 2 aromatic rings. The van der Waals surface area contributed by atoms with Crippen LogP contribution in [0.2, 0.25) is 5.02 Å². The van der Waals surface area contributed by atoms with E-state index in [2.05, 4.69) is 0 Å². The number of rotatable bonds is 3. The first-order valence-electron chi connectivity index (χ1n) is 5.89. The summed E-state index contributed by atoms with van der Waals surface area (Å²) >= 11 is 7.48. The van der Waals surface area contributed by atoms with Crippen molar-refractivity contribution in [3.8, 4) is 5.75 Å². The molecule has 0 aliphatic rings. The van der Waals surface area contributed by atoms with Crippen molar-refractivity contribution in [2.75, 3.05) is 11.4 Å². The highest BCUT2D eigenvalue weighted by molar-refractivity contribution is 7.13. The number of amides is 1. The smallest absolute Gasteiger partial charge is 0.269 e. The first-order chi connectivity index (χ1) is 9.04. The summed E-state index contributed by atoms with van der Waals surface area (Å²) < 4.78 is 0. The number of hydrogen-bond donors (Lipinski definition) is 1. The number of phenolic OH excluding ortho intramolecular Hbond substituents is 1. The lowest BCUT2D eigenvalue weighted by Gasteiger charge is -2.20. The van der Waals surface area contributed by atoms with Gasteiger partial charge < -0.3 is 10.0 Å². The van der Waals surface area contributed by atoms with Gasteiger partial charge >= 0.3 is 0 Å². The SMILES string of the molecule is CCN(C(=O)c1scc(C)c1Cl)c1cccc(O)c1. The molecule has 0 aliphatic carbocycles. The van der Waals surface area contributed by atoms with E-state index in [1.165, 1.54) is 11.3 Å². The highest BCUT2D eigenvalue weighted by atomic mass is 35.5. The van der Waals surface area contributed by atoms with Gasteiger partial charge in [-0.3, -0.25) is 4.79 Å². The van der Waals surface area contributed by atoms with E-state index in [1.807, 2.05) is 19.2 Å². The Labute approximate surface area is 121 Å². The van der Waals surface area contributed by atoms with Crippen molar-refractivity contribution >= 4 is 34.5 Å². The van der Waals surface area contributed by atoms with Gasteiger partial charge in [0.05, 0.1) is 5.02 Å². The third-order valence-corrected chi connectivity index (χ3v) is 4.48. The molecule has 0 bridgehead atoms. The molecule has 0 unspecified atom stereocenters. The van der Waals surface area contributed by atoms with Gasteiger partial charge in [-0.15, -0.1) is 11.3 Å². The summed E-state index contributed by atoms with van der Waals surface area (Å²) in [7, 11) is 0. The molecular formula is C14H14ClNO2S. The summed E-state index contributed by atoms with van der Waals surface area (Å²) in [6.07, 6.45) is 0. The standard InChI is InChI=1S/C14H14ClNO2S/c1-3-16(10-5-4-6-11(17)7-10)14(18)13-12(15)9(2)8-19-13/h4-8,17H,3H2,1-2H3. The molecule has 0 saturated carbocycles. The van der Waals surface area contributed by atoms with Crippen LogP contribution in [0.1, 0.15) is 22.2 Å². The second-order valence-electron chi connectivity index (χ2n) is 4.13. The molecule has 100 valence electrons. The monoisotopic (exact) mass is 295 g/mol. The highest BCUT2D eigenvalue weighted by Crippen LogP contribution is 2.30. The van der Waals surface area contributed by atoms with E-state index in [1.54, 1.807) is 29.2 Å². The molecule has 0 spiro atoms. The molecule has 0 saturated heterocycles. The highest BCUT2D eigenvalue weighted by Gasteiger charge is 2.21. The van der Waals surface area contributed by atoms with Crippen molar-refractivity contribution in [1.29, 1.82) is 0 Å². The number of carbonyl (C=O) groups excluding carboxylic acids is 1. The number of benzene rings is 1. The maximum atomic E-state index is 12.5. The van der Waals surface area contributed by atoms with Crippen LogP contribution in [0.3, 0.4) is 0 Å². The molecule has 5 heteroatoms. The van der Waals surface area contributed by atoms with Gasteiger partial charge in [0.25, 0.3) is 5.91 Å². The number of halogens is 1. The quantitative estimate of drug-likeness (QED) is 0.927. The van der Waals surface area contributed by atoms with Gasteiger partial charge in [0.15, 0.2) is 0 Å². The zero-order valence-corrected chi connectivity index (χ0v) is 12.3. The third kappa shape index (κ3) is 2.74. The maximum Gasteiger partial charge on any atom is 0.269 e. The summed E-state index contributed by atoms with van der Waals surface area (Å²) in [5.41, 5.74) is 1.57. The van der Waals surface area contributed by atoms with E-state index in [-0.39, 0.29) is 11.7 Å². The topological polar surface area (TPSA) is 40.5 Å². The summed E-state index contributed by atoms with van der Waals surface area (Å²) in [5, 5.41) is 11.9. The fourth-order valence-electron chi connectivity index (χ4n) is 1.80. The van der Waals surface area contributed by atoms with Crippen molar-refractivity contribution in [3.63, 3.8) is 0 Å². The van der Waals surface area contributed by atoms with Gasteiger partial charge in [0, 0.05) is 18.3 Å². The Hall–Kier alpha value is -1.52. The lowest BCUT2D eigenvalue weighted by Crippen LogP contribution is -2.30. The zero-order chi connectivity index (χ0) is 14.0. The fraction of sp³-hybridized carbons (Fsp3) is 0.214. The van der Waals surface area contributed by atoms with Crippen molar-refractivity contribution < 1.29 is 9.90 Å². The van der Waals surface area contributed by atoms with Crippen LogP contribution in [0, 0.1) is 6.92 Å². The lowest BCUT2D eigenvalue weighted by atomic mass is 10.2. The maximum absolute atomic E-state index is 12.5. The molecule has 1 aromatic carbocycles. The Morgan fingerprint density at radius 3 is 2.74 bits per heavy atom. The molecule has 0 fully saturated rings. The Kier molecular flexibility index (Phi) is 4.12. The Bertz CT molecular complexity index is 609. The summed E-state index contributed by atoms with van der Waals surface area (Å²) in [6, 6.07) is 6.64. The number of phenols is 1. The fourth-order valence-corrected chi connectivity index (χ4v) is 3.02. The van der Waals surface area contributed by atoms with Gasteiger partial charge in [0.2, 0.25) is 0 Å². The third-order valence-electron chi connectivity index (χ3n) is 2.80. The van der Waals surface area contributed by atoms with E-state index in [9.17, 15) is 9.90 Å². The molecule has 1 aromatic heterocycles. The molecule has 1 N–H and O–H groups in total. The predicted molar refractivity (Wildman–Crippen MR) is 79.5 cm³/mol. The number of carbonyl (C=O) groups is 1. The molecule has 19 heavy (non-hydrogen) atoms. The number of nitrogens with zero attached hydrogens (tertiary/aromatic N) is 1. The minimum absolute atomic E-state index is 0.136. The summed E-state index contributed by atoms with van der Waals surface area (Å²) in [6.45, 7) is 4.27. The Morgan fingerprint density at radius 2 is 2.21 bits per heavy atom. The number of anilines is 1. The van der Waals surface area contributed by atoms with Crippen LogP contribution in [0.25, 0.3) is 0 Å². The molecular weight excluding hydrogens is 282 g/mol. The largest absolute Gasteiger partial charge is 0.508 e. The summed E-state index contributed by atoms with van der Waals surface area (Å²) in [5.74, 6) is -0.00610. The van der Waals surface area contributed by atoms with E-state index in [4.69, 9.17) is 11.6 Å². The predicted octanol–water partition coefficient (Wildman–Crippen LogP) is 4.08. The number of hydrogen-bond acceptors (Lipinski definition) is 3. The molecule has 2 rings (SSSR count). The molecule has 0 aliphatic heterocycles. The van der Waals surface area contributed by atoms with E-state index in [0.717, 1.165) is 5.56 Å². The molecule has 0 radical (unpaired) electrons. The van der Waals surface area contributed by atoms with Gasteiger partial charge in [0.1, 0.15) is 10.6 Å². The summed E-state index contributed by atoms with van der Waals surface area (Å²) in [4.78, 5) is 14.6. The van der Waals surface area contributed by atoms with Crippen molar-refractivity contribution in [2.45, 2.75) is 13.8 Å². The van der Waals surface area contributed by atoms with Crippen molar-refractivity contribution in [3.05, 3.63) is 45.1 Å². The van der Waals surface area contributed by atoms with Crippen LogP contribution >= 0.6 is 22.9 Å². The zero-order valence-electron chi connectivity index (χ0n) is 10.7. The van der Waals surface area contributed by atoms with E-state index in [0.29, 0.717) is 22.1 Å². The van der Waals surface area contributed by atoms with Gasteiger partial charge in [-0.25, -0.2) is 0 Å². The number of aryl methyl sites for hydroxylation is 1. The number of thiophene rings is 1. The first kappa shape index (κ1) is 13.9. The van der Waals surface area contributed by atoms with Crippen LogP contribution in [0.15, 0.2) is 29.6 Å². The number of aromatic hydroxyl groups is 1. The van der Waals surface area contributed by atoms with Crippen LogP contribution in [0.5, 0.6) is 5.75 Å². The average Bonchev–Trinajstić information content (AvgIpc) is 2.71. The normalized spacial score (nSPS) is 10.5. The second-order valence-corrected chi connectivity index (χ2v) is 5.39. The second kappa shape index (κ2) is 5.63.